The zero-order valence-electron chi connectivity index (χ0n) is 12.2. The van der Waals surface area contributed by atoms with Crippen LogP contribution in [0, 0.1) is 13.8 Å². The summed E-state index contributed by atoms with van der Waals surface area (Å²) in [4.78, 5) is 4.62. The second kappa shape index (κ2) is 5.41. The average molecular weight is 275 g/mol. The molecule has 21 heavy (non-hydrogen) atoms. The smallest absolute Gasteiger partial charge is 0.121 e. The van der Waals surface area contributed by atoms with Gasteiger partial charge in [0.1, 0.15) is 5.75 Å². The van der Waals surface area contributed by atoms with E-state index in [1.165, 1.54) is 0 Å². The largest absolute Gasteiger partial charge is 0.507 e. The lowest BCUT2D eigenvalue weighted by Gasteiger charge is -2.04. The molecule has 0 amide bonds. The maximum Gasteiger partial charge on any atom is 0.121 e. The van der Waals surface area contributed by atoms with Crippen LogP contribution in [0.3, 0.4) is 0 Å². The molecule has 0 radical (unpaired) electrons. The summed E-state index contributed by atoms with van der Waals surface area (Å²) in [5, 5.41) is 10.9. The molecule has 0 saturated carbocycles. The van der Waals surface area contributed by atoms with Crippen LogP contribution >= 0.6 is 0 Å². The van der Waals surface area contributed by atoms with Gasteiger partial charge in [-0.25, -0.2) is 4.98 Å². The minimum Gasteiger partial charge on any atom is -0.507 e. The molecule has 0 aliphatic heterocycles. The van der Waals surface area contributed by atoms with Crippen LogP contribution in [0.1, 0.15) is 22.4 Å². The number of pyridine rings is 1. The summed E-state index contributed by atoms with van der Waals surface area (Å²) in [6.45, 7) is 3.82. The molecule has 2 heteroatoms. The van der Waals surface area contributed by atoms with Crippen LogP contribution in [0.5, 0.6) is 5.75 Å². The number of phenols is 1. The normalized spacial score (nSPS) is 11.3. The van der Waals surface area contributed by atoms with E-state index in [1.807, 2.05) is 62.4 Å². The van der Waals surface area contributed by atoms with Crippen molar-refractivity contribution in [2.45, 2.75) is 13.8 Å². The van der Waals surface area contributed by atoms with E-state index in [0.29, 0.717) is 5.75 Å². The van der Waals surface area contributed by atoms with Crippen LogP contribution in [0.4, 0.5) is 0 Å². The third-order valence-electron chi connectivity index (χ3n) is 3.58. The van der Waals surface area contributed by atoms with Gasteiger partial charge in [-0.3, -0.25) is 0 Å². The number of aromatic hydroxyl groups is 1. The van der Waals surface area contributed by atoms with E-state index in [4.69, 9.17) is 0 Å². The Morgan fingerprint density at radius 1 is 0.905 bits per heavy atom. The van der Waals surface area contributed by atoms with Crippen molar-refractivity contribution in [2.75, 3.05) is 0 Å². The standard InChI is InChI=1S/C19H17NO/c1-13-11-15(12-14(2)19(13)21)7-9-17-10-8-16-5-3-4-6-18(16)20-17/h3-12,21H,1-2H3/b9-7+. The van der Waals surface area contributed by atoms with Gasteiger partial charge in [-0.2, -0.15) is 0 Å². The number of hydrogen-bond donors (Lipinski definition) is 1. The lowest BCUT2D eigenvalue weighted by Crippen LogP contribution is -1.84. The van der Waals surface area contributed by atoms with Gasteiger partial charge in [-0.15, -0.1) is 0 Å². The van der Waals surface area contributed by atoms with E-state index in [1.54, 1.807) is 0 Å². The molecule has 0 aliphatic rings. The van der Waals surface area contributed by atoms with Crippen molar-refractivity contribution < 1.29 is 5.11 Å². The van der Waals surface area contributed by atoms with Gasteiger partial charge in [0.15, 0.2) is 0 Å². The molecule has 104 valence electrons. The van der Waals surface area contributed by atoms with Crippen LogP contribution in [0.2, 0.25) is 0 Å². The Labute approximate surface area is 124 Å². The van der Waals surface area contributed by atoms with Crippen molar-refractivity contribution in [1.29, 1.82) is 0 Å². The molecule has 0 spiro atoms. The predicted molar refractivity (Wildman–Crippen MR) is 88.3 cm³/mol. The molecule has 2 nitrogen and oxygen atoms in total. The molecule has 0 unspecified atom stereocenters. The van der Waals surface area contributed by atoms with Gasteiger partial charge in [0.2, 0.25) is 0 Å². The molecule has 0 aliphatic carbocycles. The van der Waals surface area contributed by atoms with Gasteiger partial charge in [-0.05, 0) is 60.9 Å². The Balaban J connectivity index is 1.94. The van der Waals surface area contributed by atoms with Crippen molar-refractivity contribution in [3.8, 4) is 5.75 Å². The highest BCUT2D eigenvalue weighted by molar-refractivity contribution is 5.80. The predicted octanol–water partition coefficient (Wildman–Crippen LogP) is 4.73. The maximum atomic E-state index is 9.80. The van der Waals surface area contributed by atoms with Gasteiger partial charge in [0.25, 0.3) is 0 Å². The zero-order chi connectivity index (χ0) is 14.8. The van der Waals surface area contributed by atoms with Crippen molar-refractivity contribution in [3.63, 3.8) is 0 Å². The average Bonchev–Trinajstić information content (AvgIpc) is 2.50. The summed E-state index contributed by atoms with van der Waals surface area (Å²) in [6.07, 6.45) is 4.02. The van der Waals surface area contributed by atoms with Crippen LogP contribution in [-0.2, 0) is 0 Å². The fourth-order valence-electron chi connectivity index (χ4n) is 2.44. The second-order valence-corrected chi connectivity index (χ2v) is 5.27. The Morgan fingerprint density at radius 3 is 2.38 bits per heavy atom. The first-order valence-electron chi connectivity index (χ1n) is 6.97. The van der Waals surface area contributed by atoms with Crippen molar-refractivity contribution in [2.24, 2.45) is 0 Å². The van der Waals surface area contributed by atoms with E-state index >= 15 is 0 Å². The van der Waals surface area contributed by atoms with Crippen LogP contribution in [0.15, 0.2) is 48.5 Å². The number of aryl methyl sites for hydroxylation is 2. The lowest BCUT2D eigenvalue weighted by molar-refractivity contribution is 0.467. The Morgan fingerprint density at radius 2 is 1.62 bits per heavy atom. The minimum absolute atomic E-state index is 0.371. The van der Waals surface area contributed by atoms with Crippen molar-refractivity contribution >= 4 is 23.1 Å². The van der Waals surface area contributed by atoms with E-state index < -0.39 is 0 Å². The monoisotopic (exact) mass is 275 g/mol. The number of fused-ring (bicyclic) bond motifs is 1. The van der Waals surface area contributed by atoms with Gasteiger partial charge in [0.05, 0.1) is 11.2 Å². The number of phenolic OH excluding ortho intramolecular Hbond substituents is 1. The van der Waals surface area contributed by atoms with Crippen molar-refractivity contribution in [1.82, 2.24) is 4.98 Å². The first-order valence-corrected chi connectivity index (χ1v) is 6.97. The molecule has 2 aromatic carbocycles. The summed E-state index contributed by atoms with van der Waals surface area (Å²) in [6, 6.07) is 16.1. The quantitative estimate of drug-likeness (QED) is 0.733. The first kappa shape index (κ1) is 13.4. The lowest BCUT2D eigenvalue weighted by atomic mass is 10.1. The summed E-state index contributed by atoms with van der Waals surface area (Å²) in [7, 11) is 0. The van der Waals surface area contributed by atoms with Crippen LogP contribution < -0.4 is 0 Å². The highest BCUT2D eigenvalue weighted by Crippen LogP contribution is 2.24. The summed E-state index contributed by atoms with van der Waals surface area (Å²) < 4.78 is 0. The summed E-state index contributed by atoms with van der Waals surface area (Å²) >= 11 is 0. The van der Waals surface area contributed by atoms with Gasteiger partial charge in [0, 0.05) is 5.39 Å². The first-order chi connectivity index (χ1) is 10.1. The molecule has 3 aromatic rings. The molecular weight excluding hydrogens is 258 g/mol. The molecule has 0 atom stereocenters. The number of aromatic nitrogens is 1. The van der Waals surface area contributed by atoms with Gasteiger partial charge < -0.3 is 5.11 Å². The van der Waals surface area contributed by atoms with Crippen molar-refractivity contribution in [3.05, 3.63) is 70.9 Å². The van der Waals surface area contributed by atoms with E-state index in [-0.39, 0.29) is 0 Å². The number of benzene rings is 2. The summed E-state index contributed by atoms with van der Waals surface area (Å²) in [5.41, 5.74) is 4.77. The SMILES string of the molecule is Cc1cc(/C=C/c2ccc3ccccc3n2)cc(C)c1O. The Bertz CT molecular complexity index is 811. The van der Waals surface area contributed by atoms with Gasteiger partial charge in [-0.1, -0.05) is 30.3 Å². The number of nitrogens with zero attached hydrogens (tertiary/aromatic N) is 1. The summed E-state index contributed by atoms with van der Waals surface area (Å²) in [5.74, 6) is 0.371. The number of rotatable bonds is 2. The highest BCUT2D eigenvalue weighted by atomic mass is 16.3. The fourth-order valence-corrected chi connectivity index (χ4v) is 2.44. The van der Waals surface area contributed by atoms with Crippen LogP contribution in [0.25, 0.3) is 23.1 Å². The topological polar surface area (TPSA) is 33.1 Å². The third kappa shape index (κ3) is 2.79. The van der Waals surface area contributed by atoms with E-state index in [2.05, 4.69) is 17.1 Å². The number of para-hydroxylation sites is 1. The molecule has 3 rings (SSSR count). The molecule has 0 bridgehead atoms. The van der Waals surface area contributed by atoms with E-state index in [0.717, 1.165) is 33.3 Å². The fraction of sp³-hybridized carbons (Fsp3) is 0.105. The molecular formula is C19H17NO. The molecule has 1 N–H and O–H groups in total. The van der Waals surface area contributed by atoms with Gasteiger partial charge >= 0.3 is 0 Å². The maximum absolute atomic E-state index is 9.80. The number of hydrogen-bond acceptors (Lipinski definition) is 2. The zero-order valence-corrected chi connectivity index (χ0v) is 12.2. The Kier molecular flexibility index (Phi) is 3.44. The molecule has 1 aromatic heterocycles. The minimum atomic E-state index is 0.371. The second-order valence-electron chi connectivity index (χ2n) is 5.27. The highest BCUT2D eigenvalue weighted by Gasteiger charge is 2.01. The van der Waals surface area contributed by atoms with E-state index in [9.17, 15) is 5.11 Å². The Hall–Kier alpha value is -2.61. The third-order valence-corrected chi connectivity index (χ3v) is 3.58. The molecule has 1 heterocycles. The molecule has 0 fully saturated rings. The molecule has 0 saturated heterocycles. The van der Waals surface area contributed by atoms with Crippen LogP contribution in [-0.4, -0.2) is 10.1 Å².